The van der Waals surface area contributed by atoms with Gasteiger partial charge in [-0.25, -0.2) is 0 Å². The second-order valence-electron chi connectivity index (χ2n) is 5.52. The maximum absolute atomic E-state index is 6.65. The minimum Gasteiger partial charge on any atom is -0.339 e. The summed E-state index contributed by atoms with van der Waals surface area (Å²) in [4.78, 5) is 4.35. The molecule has 4 rings (SSSR count). The summed E-state index contributed by atoms with van der Waals surface area (Å²) in [5.74, 6) is 0.966. The van der Waals surface area contributed by atoms with Crippen LogP contribution in [-0.2, 0) is 6.54 Å². The molecule has 0 fully saturated rings. The summed E-state index contributed by atoms with van der Waals surface area (Å²) in [5, 5.41) is 5.60. The fraction of sp³-hybridized carbons (Fsp3) is 0.111. The van der Waals surface area contributed by atoms with Crippen LogP contribution in [0.25, 0.3) is 28.1 Å². The lowest BCUT2D eigenvalue weighted by Gasteiger charge is -2.09. The Labute approximate surface area is 155 Å². The van der Waals surface area contributed by atoms with E-state index in [4.69, 9.17) is 21.9 Å². The molecule has 128 valence electrons. The average Bonchev–Trinajstić information content (AvgIpc) is 3.17. The Morgan fingerprint density at radius 2 is 1.84 bits per heavy atom. The highest BCUT2D eigenvalue weighted by Gasteiger charge is 2.21. The number of nitrogens with two attached hydrogens (primary N) is 1. The van der Waals surface area contributed by atoms with Crippen LogP contribution >= 0.6 is 24.0 Å². The van der Waals surface area contributed by atoms with E-state index in [2.05, 4.69) is 10.1 Å². The molecule has 0 amide bonds. The van der Waals surface area contributed by atoms with Gasteiger partial charge in [0.15, 0.2) is 0 Å². The summed E-state index contributed by atoms with van der Waals surface area (Å²) >= 11 is 6.65. The maximum Gasteiger partial charge on any atom is 0.223 e. The summed E-state index contributed by atoms with van der Waals surface area (Å²) in [6.07, 6.45) is 0. The van der Waals surface area contributed by atoms with Crippen molar-refractivity contribution in [3.05, 3.63) is 65.0 Å². The van der Waals surface area contributed by atoms with Crippen molar-refractivity contribution in [1.82, 2.24) is 14.7 Å². The fourth-order valence-electron chi connectivity index (χ4n) is 2.84. The number of nitrogens with zero attached hydrogens (tertiary/aromatic N) is 3. The molecule has 0 aliphatic carbocycles. The van der Waals surface area contributed by atoms with Crippen LogP contribution in [0, 0.1) is 6.92 Å². The third-order valence-electron chi connectivity index (χ3n) is 3.98. The van der Waals surface area contributed by atoms with Gasteiger partial charge in [-0.1, -0.05) is 47.1 Å². The number of fused-ring (bicyclic) bond motifs is 1. The normalized spacial score (nSPS) is 10.8. The lowest BCUT2D eigenvalue weighted by Crippen LogP contribution is -2.00. The van der Waals surface area contributed by atoms with E-state index in [1.165, 1.54) is 0 Å². The molecule has 7 heteroatoms. The SMILES string of the molecule is Cc1nc(-c2c(Cl)c3ccccc3n2-c2ccc(CN)cc2)no1.Cl. The van der Waals surface area contributed by atoms with Crippen LogP contribution < -0.4 is 5.73 Å². The van der Waals surface area contributed by atoms with Crippen LogP contribution in [-0.4, -0.2) is 14.7 Å². The van der Waals surface area contributed by atoms with Crippen LogP contribution in [0.5, 0.6) is 0 Å². The first-order valence-electron chi connectivity index (χ1n) is 7.58. The molecular formula is C18H16Cl2N4O. The third kappa shape index (κ3) is 2.91. The number of rotatable bonds is 3. The highest BCUT2D eigenvalue weighted by Crippen LogP contribution is 2.38. The van der Waals surface area contributed by atoms with Crippen molar-refractivity contribution < 1.29 is 4.52 Å². The molecule has 0 spiro atoms. The van der Waals surface area contributed by atoms with Crippen molar-refractivity contribution in [3.8, 4) is 17.2 Å². The van der Waals surface area contributed by atoms with Crippen LogP contribution in [0.15, 0.2) is 53.1 Å². The van der Waals surface area contributed by atoms with Crippen molar-refractivity contribution >= 4 is 34.9 Å². The molecule has 5 nitrogen and oxygen atoms in total. The molecule has 2 aromatic heterocycles. The van der Waals surface area contributed by atoms with Gasteiger partial charge in [0.1, 0.15) is 5.69 Å². The molecule has 2 N–H and O–H groups in total. The van der Waals surface area contributed by atoms with E-state index in [1.54, 1.807) is 6.92 Å². The Hall–Kier alpha value is -2.34. The number of para-hydroxylation sites is 1. The summed E-state index contributed by atoms with van der Waals surface area (Å²) in [5.41, 5.74) is 9.43. The number of aromatic nitrogens is 3. The summed E-state index contributed by atoms with van der Waals surface area (Å²) in [7, 11) is 0. The van der Waals surface area contributed by atoms with Gasteiger partial charge in [0.2, 0.25) is 11.7 Å². The molecule has 0 atom stereocenters. The van der Waals surface area contributed by atoms with E-state index in [0.717, 1.165) is 27.8 Å². The van der Waals surface area contributed by atoms with Gasteiger partial charge >= 0.3 is 0 Å². The third-order valence-corrected chi connectivity index (χ3v) is 4.37. The summed E-state index contributed by atoms with van der Waals surface area (Å²) in [6, 6.07) is 16.0. The Kier molecular flexibility index (Phi) is 4.81. The van der Waals surface area contributed by atoms with Gasteiger partial charge in [0.05, 0.1) is 10.5 Å². The minimum atomic E-state index is 0. The van der Waals surface area contributed by atoms with E-state index in [1.807, 2.05) is 53.1 Å². The molecule has 0 unspecified atom stereocenters. The highest BCUT2D eigenvalue weighted by molar-refractivity contribution is 6.38. The van der Waals surface area contributed by atoms with Crippen molar-refractivity contribution in [1.29, 1.82) is 0 Å². The van der Waals surface area contributed by atoms with Crippen molar-refractivity contribution in [2.75, 3.05) is 0 Å². The molecule has 0 saturated heterocycles. The molecule has 2 aromatic carbocycles. The number of halogens is 2. The summed E-state index contributed by atoms with van der Waals surface area (Å²) in [6.45, 7) is 2.26. The first kappa shape index (κ1) is 17.5. The number of hydrogen-bond donors (Lipinski definition) is 1. The van der Waals surface area contributed by atoms with Gasteiger partial charge in [-0.3, -0.25) is 0 Å². The minimum absolute atomic E-state index is 0. The monoisotopic (exact) mass is 374 g/mol. The molecular weight excluding hydrogens is 359 g/mol. The van der Waals surface area contributed by atoms with Crippen LogP contribution in [0.4, 0.5) is 0 Å². The zero-order valence-electron chi connectivity index (χ0n) is 13.4. The largest absolute Gasteiger partial charge is 0.339 e. The maximum atomic E-state index is 6.65. The standard InChI is InChI=1S/C18H15ClN4O.ClH/c1-11-21-18(22-24-11)17-16(19)14-4-2-3-5-15(14)23(17)13-8-6-12(10-20)7-9-13;/h2-9H,10,20H2,1H3;1H. The Morgan fingerprint density at radius 3 is 2.48 bits per heavy atom. The van der Waals surface area contributed by atoms with E-state index in [9.17, 15) is 0 Å². The molecule has 25 heavy (non-hydrogen) atoms. The van der Waals surface area contributed by atoms with E-state index < -0.39 is 0 Å². The number of benzene rings is 2. The van der Waals surface area contributed by atoms with Gasteiger partial charge in [-0.15, -0.1) is 12.4 Å². The zero-order chi connectivity index (χ0) is 16.7. The Morgan fingerprint density at radius 1 is 1.12 bits per heavy atom. The smallest absolute Gasteiger partial charge is 0.223 e. The van der Waals surface area contributed by atoms with Crippen molar-refractivity contribution in [2.45, 2.75) is 13.5 Å². The van der Waals surface area contributed by atoms with Gasteiger partial charge < -0.3 is 14.8 Å². The molecule has 0 aliphatic rings. The van der Waals surface area contributed by atoms with Crippen molar-refractivity contribution in [2.24, 2.45) is 5.73 Å². The fourth-order valence-corrected chi connectivity index (χ4v) is 3.17. The topological polar surface area (TPSA) is 69.9 Å². The highest BCUT2D eigenvalue weighted by atomic mass is 35.5. The first-order chi connectivity index (χ1) is 11.7. The van der Waals surface area contributed by atoms with Gasteiger partial charge in [-0.05, 0) is 23.8 Å². The molecule has 2 heterocycles. The molecule has 0 aliphatic heterocycles. The van der Waals surface area contributed by atoms with E-state index in [-0.39, 0.29) is 12.4 Å². The predicted molar refractivity (Wildman–Crippen MR) is 101 cm³/mol. The van der Waals surface area contributed by atoms with Gasteiger partial charge in [0.25, 0.3) is 0 Å². The Bertz CT molecular complexity index is 1020. The number of hydrogen-bond acceptors (Lipinski definition) is 4. The van der Waals surface area contributed by atoms with Gasteiger partial charge in [0, 0.05) is 24.5 Å². The molecule has 0 saturated carbocycles. The molecule has 4 aromatic rings. The molecule has 0 radical (unpaired) electrons. The molecule has 0 bridgehead atoms. The zero-order valence-corrected chi connectivity index (χ0v) is 15.0. The predicted octanol–water partition coefficient (Wildman–Crippen LogP) is 4.52. The van der Waals surface area contributed by atoms with Crippen molar-refractivity contribution in [3.63, 3.8) is 0 Å². The average molecular weight is 375 g/mol. The van der Waals surface area contributed by atoms with Gasteiger partial charge in [-0.2, -0.15) is 4.98 Å². The van der Waals surface area contributed by atoms with E-state index in [0.29, 0.717) is 23.3 Å². The Balaban J connectivity index is 0.00000182. The number of aryl methyl sites for hydroxylation is 1. The van der Waals surface area contributed by atoms with Crippen LogP contribution in [0.2, 0.25) is 5.02 Å². The second-order valence-corrected chi connectivity index (χ2v) is 5.90. The van der Waals surface area contributed by atoms with Crippen LogP contribution in [0.1, 0.15) is 11.5 Å². The lowest BCUT2D eigenvalue weighted by molar-refractivity contribution is 0.394. The quantitative estimate of drug-likeness (QED) is 0.572. The summed E-state index contributed by atoms with van der Waals surface area (Å²) < 4.78 is 7.19. The first-order valence-corrected chi connectivity index (χ1v) is 7.96. The second kappa shape index (κ2) is 6.88. The van der Waals surface area contributed by atoms with Crippen LogP contribution in [0.3, 0.4) is 0 Å². The lowest BCUT2D eigenvalue weighted by atomic mass is 10.2. The van der Waals surface area contributed by atoms with E-state index >= 15 is 0 Å².